The van der Waals surface area contributed by atoms with Gasteiger partial charge < -0.3 is 25.3 Å². The van der Waals surface area contributed by atoms with Crippen LogP contribution >= 0.6 is 0 Å². The number of likely N-dealkylation sites (N-methyl/N-ethyl adjacent to an activating group) is 1. The van der Waals surface area contributed by atoms with Crippen molar-refractivity contribution in [2.45, 2.75) is 18.9 Å². The molecule has 0 saturated heterocycles. The fraction of sp³-hybridized carbons (Fsp3) is 0.286. The standard InChI is InChI=1S/C21H21N5O3/c1-12-10-16-17(19(27)26(12)9-8-25(2)3)21(14(11-22)18(23)29-16)13-6-4-5-7-15(13)24-20(21)28/h4-7,10H,8-9,23H2,1-3H3,(H,24,28)/t21-/m0/s1. The molecular weight excluding hydrogens is 370 g/mol. The number of carbonyl (C=O) groups is 1. The molecule has 0 bridgehead atoms. The number of nitrogens with two attached hydrogens (primary N) is 1. The van der Waals surface area contributed by atoms with E-state index in [1.54, 1.807) is 41.8 Å². The smallest absolute Gasteiger partial charge is 0.259 e. The van der Waals surface area contributed by atoms with Crippen molar-refractivity contribution in [3.63, 3.8) is 0 Å². The normalized spacial score (nSPS) is 19.6. The summed E-state index contributed by atoms with van der Waals surface area (Å²) in [5, 5.41) is 12.7. The number of benzene rings is 1. The van der Waals surface area contributed by atoms with Crippen LogP contribution in [0.25, 0.3) is 0 Å². The molecule has 2 aliphatic heterocycles. The molecule has 8 nitrogen and oxygen atoms in total. The van der Waals surface area contributed by atoms with Gasteiger partial charge in [-0.1, -0.05) is 18.2 Å². The van der Waals surface area contributed by atoms with Crippen molar-refractivity contribution < 1.29 is 9.53 Å². The lowest BCUT2D eigenvalue weighted by atomic mass is 9.69. The van der Waals surface area contributed by atoms with Crippen molar-refractivity contribution in [3.05, 3.63) is 69.0 Å². The van der Waals surface area contributed by atoms with Gasteiger partial charge in [0.15, 0.2) is 5.41 Å². The Morgan fingerprint density at radius 3 is 2.72 bits per heavy atom. The molecule has 0 aliphatic carbocycles. The molecule has 0 radical (unpaired) electrons. The molecule has 2 aromatic rings. The summed E-state index contributed by atoms with van der Waals surface area (Å²) in [6.45, 7) is 2.88. The Labute approximate surface area is 167 Å². The number of para-hydroxylation sites is 1. The quantitative estimate of drug-likeness (QED) is 0.808. The molecule has 148 valence electrons. The number of amides is 1. The average Bonchev–Trinajstić information content (AvgIpc) is 2.94. The van der Waals surface area contributed by atoms with E-state index >= 15 is 0 Å². The second-order valence-corrected chi connectivity index (χ2v) is 7.49. The third-order valence-corrected chi connectivity index (χ3v) is 5.49. The number of rotatable bonds is 3. The number of hydrogen-bond acceptors (Lipinski definition) is 6. The maximum absolute atomic E-state index is 13.6. The van der Waals surface area contributed by atoms with Gasteiger partial charge in [0.05, 0.1) is 5.56 Å². The van der Waals surface area contributed by atoms with Gasteiger partial charge >= 0.3 is 0 Å². The molecule has 1 aromatic heterocycles. The molecule has 1 atom stereocenters. The molecule has 0 unspecified atom stereocenters. The molecule has 1 amide bonds. The van der Waals surface area contributed by atoms with Crippen LogP contribution in [0.5, 0.6) is 5.75 Å². The van der Waals surface area contributed by atoms with Crippen LogP contribution in [-0.2, 0) is 16.8 Å². The Morgan fingerprint density at radius 2 is 2.03 bits per heavy atom. The predicted molar refractivity (Wildman–Crippen MR) is 107 cm³/mol. The van der Waals surface area contributed by atoms with Crippen LogP contribution in [-0.4, -0.2) is 36.0 Å². The van der Waals surface area contributed by atoms with Gasteiger partial charge in [0.2, 0.25) is 11.8 Å². The van der Waals surface area contributed by atoms with Gasteiger partial charge in [-0.15, -0.1) is 0 Å². The van der Waals surface area contributed by atoms with E-state index < -0.39 is 11.3 Å². The molecule has 0 fully saturated rings. The zero-order valence-electron chi connectivity index (χ0n) is 16.4. The highest BCUT2D eigenvalue weighted by molar-refractivity contribution is 6.12. The maximum atomic E-state index is 13.6. The highest BCUT2D eigenvalue weighted by atomic mass is 16.5. The van der Waals surface area contributed by atoms with Gasteiger partial charge in [-0.05, 0) is 27.1 Å². The number of aryl methyl sites for hydroxylation is 1. The average molecular weight is 391 g/mol. The fourth-order valence-corrected chi connectivity index (χ4v) is 4.12. The highest BCUT2D eigenvalue weighted by Crippen LogP contribution is 2.51. The van der Waals surface area contributed by atoms with Gasteiger partial charge in [0, 0.05) is 36.1 Å². The van der Waals surface area contributed by atoms with Crippen LogP contribution in [0.15, 0.2) is 46.6 Å². The van der Waals surface area contributed by atoms with Crippen molar-refractivity contribution >= 4 is 11.6 Å². The zero-order valence-corrected chi connectivity index (χ0v) is 16.4. The second kappa shape index (κ2) is 6.50. The van der Waals surface area contributed by atoms with Crippen LogP contribution in [0.4, 0.5) is 5.69 Å². The fourth-order valence-electron chi connectivity index (χ4n) is 4.12. The minimum Gasteiger partial charge on any atom is -0.440 e. The lowest BCUT2D eigenvalue weighted by Crippen LogP contribution is -2.48. The van der Waals surface area contributed by atoms with E-state index in [0.717, 1.165) is 0 Å². The summed E-state index contributed by atoms with van der Waals surface area (Å²) in [4.78, 5) is 28.9. The van der Waals surface area contributed by atoms with Gasteiger partial charge in [0.25, 0.3) is 5.56 Å². The third-order valence-electron chi connectivity index (χ3n) is 5.49. The third kappa shape index (κ3) is 2.48. The molecule has 3 heterocycles. The van der Waals surface area contributed by atoms with E-state index in [4.69, 9.17) is 10.5 Å². The molecule has 3 N–H and O–H groups in total. The van der Waals surface area contributed by atoms with Crippen molar-refractivity contribution in [2.24, 2.45) is 5.73 Å². The molecule has 2 aliphatic rings. The predicted octanol–water partition coefficient (Wildman–Crippen LogP) is 1.04. The number of hydrogen-bond donors (Lipinski definition) is 2. The summed E-state index contributed by atoms with van der Waals surface area (Å²) in [7, 11) is 3.84. The van der Waals surface area contributed by atoms with Crippen LogP contribution in [0, 0.1) is 18.3 Å². The molecule has 1 spiro atoms. The Kier molecular flexibility index (Phi) is 4.21. The van der Waals surface area contributed by atoms with Crippen molar-refractivity contribution in [1.29, 1.82) is 5.26 Å². The Balaban J connectivity index is 2.09. The number of nitrogens with zero attached hydrogens (tertiary/aromatic N) is 3. The van der Waals surface area contributed by atoms with E-state index in [2.05, 4.69) is 5.32 Å². The minimum atomic E-state index is -1.63. The van der Waals surface area contributed by atoms with Crippen molar-refractivity contribution in [3.8, 4) is 11.8 Å². The largest absolute Gasteiger partial charge is 0.440 e. The first-order valence-electron chi connectivity index (χ1n) is 9.21. The molecule has 1 aromatic carbocycles. The van der Waals surface area contributed by atoms with Gasteiger partial charge in [-0.25, -0.2) is 0 Å². The summed E-state index contributed by atoms with van der Waals surface area (Å²) >= 11 is 0. The first kappa shape index (κ1) is 18.8. The van der Waals surface area contributed by atoms with Crippen LogP contribution in [0.1, 0.15) is 16.8 Å². The summed E-state index contributed by atoms with van der Waals surface area (Å²) in [6, 6.07) is 10.7. The summed E-state index contributed by atoms with van der Waals surface area (Å²) in [5.74, 6) is -0.448. The molecule has 0 saturated carbocycles. The number of carbonyl (C=O) groups excluding carboxylic acids is 1. The van der Waals surface area contributed by atoms with E-state index in [1.807, 2.05) is 25.1 Å². The van der Waals surface area contributed by atoms with Gasteiger partial charge in [0.1, 0.15) is 17.4 Å². The van der Waals surface area contributed by atoms with Gasteiger partial charge in [-0.2, -0.15) is 5.26 Å². The van der Waals surface area contributed by atoms with Crippen molar-refractivity contribution in [1.82, 2.24) is 9.47 Å². The number of ether oxygens (including phenoxy) is 1. The summed E-state index contributed by atoms with van der Waals surface area (Å²) < 4.78 is 7.26. The minimum absolute atomic E-state index is 0.0763. The number of nitrogens with one attached hydrogen (secondary N) is 1. The molecule has 8 heteroatoms. The maximum Gasteiger partial charge on any atom is 0.259 e. The first-order chi connectivity index (χ1) is 13.8. The number of aromatic nitrogens is 1. The molecule has 4 rings (SSSR count). The van der Waals surface area contributed by atoms with Crippen LogP contribution < -0.4 is 21.3 Å². The topological polar surface area (TPSA) is 113 Å². The highest BCUT2D eigenvalue weighted by Gasteiger charge is 2.58. The Morgan fingerprint density at radius 1 is 1.31 bits per heavy atom. The number of pyridine rings is 1. The number of anilines is 1. The zero-order chi connectivity index (χ0) is 20.9. The number of nitriles is 1. The number of fused-ring (bicyclic) bond motifs is 4. The lowest BCUT2D eigenvalue weighted by molar-refractivity contribution is -0.118. The van der Waals surface area contributed by atoms with Crippen LogP contribution in [0.2, 0.25) is 0 Å². The first-order valence-corrected chi connectivity index (χ1v) is 9.21. The summed E-state index contributed by atoms with van der Waals surface area (Å²) in [5.41, 5.74) is 5.86. The second-order valence-electron chi connectivity index (χ2n) is 7.49. The van der Waals surface area contributed by atoms with E-state index in [9.17, 15) is 14.9 Å². The summed E-state index contributed by atoms with van der Waals surface area (Å²) in [6.07, 6.45) is 0. The van der Waals surface area contributed by atoms with E-state index in [-0.39, 0.29) is 28.3 Å². The van der Waals surface area contributed by atoms with Gasteiger partial charge in [-0.3, -0.25) is 9.59 Å². The Bertz CT molecular complexity index is 1170. The Hall–Kier alpha value is -3.57. The van der Waals surface area contributed by atoms with E-state index in [0.29, 0.717) is 30.0 Å². The molecular formula is C21H21N5O3. The van der Waals surface area contributed by atoms with E-state index in [1.165, 1.54) is 0 Å². The SMILES string of the molecule is Cc1cc2c(c(=O)n1CCN(C)C)[C@@]1(C(=O)Nc3ccccc31)C(C#N)=C(N)O2. The monoisotopic (exact) mass is 391 g/mol. The lowest BCUT2D eigenvalue weighted by Gasteiger charge is -2.33. The van der Waals surface area contributed by atoms with Crippen molar-refractivity contribution in [2.75, 3.05) is 26.0 Å². The van der Waals surface area contributed by atoms with Crippen LogP contribution in [0.3, 0.4) is 0 Å². The molecule has 29 heavy (non-hydrogen) atoms.